The average molecular weight is 210 g/mol. The Hall–Kier alpha value is -1.29. The second-order valence-corrected chi connectivity index (χ2v) is 4.58. The van der Waals surface area contributed by atoms with Gasteiger partial charge in [-0.1, -0.05) is 12.6 Å². The monoisotopic (exact) mass is 210 g/mol. The molecule has 0 unspecified atom stereocenters. The molecule has 0 aliphatic heterocycles. The highest BCUT2D eigenvalue weighted by Crippen LogP contribution is 2.16. The molecule has 1 rings (SSSR count). The summed E-state index contributed by atoms with van der Waals surface area (Å²) in [6.45, 7) is 5.80. The van der Waals surface area contributed by atoms with Crippen LogP contribution in [-0.4, -0.2) is 15.0 Å². The van der Waals surface area contributed by atoms with Gasteiger partial charge in [0.05, 0.1) is 10.6 Å². The Kier molecular flexibility index (Phi) is 3.30. The molecule has 0 aromatic heterocycles. The van der Waals surface area contributed by atoms with Crippen LogP contribution >= 0.6 is 0 Å². The van der Waals surface area contributed by atoms with Crippen LogP contribution in [0.15, 0.2) is 41.1 Å². The molecule has 75 valence electrons. The topological polar surface area (TPSA) is 48.2 Å². The highest BCUT2D eigenvalue weighted by atomic mass is 32.2. The Morgan fingerprint density at radius 3 is 2.79 bits per heavy atom. The van der Waals surface area contributed by atoms with Crippen LogP contribution < -0.4 is 5.32 Å². The van der Waals surface area contributed by atoms with Crippen LogP contribution in [0.5, 0.6) is 0 Å². The fourth-order valence-electron chi connectivity index (χ4n) is 1.04. The van der Waals surface area contributed by atoms with E-state index in [1.165, 1.54) is 6.07 Å². The van der Waals surface area contributed by atoms with E-state index in [1.807, 2.05) is 6.92 Å². The van der Waals surface area contributed by atoms with Crippen LogP contribution in [0.2, 0.25) is 0 Å². The van der Waals surface area contributed by atoms with Crippen LogP contribution in [0.1, 0.15) is 6.92 Å². The maximum Gasteiger partial charge on any atom is 0.199 e. The zero-order chi connectivity index (χ0) is 10.6. The van der Waals surface area contributed by atoms with Crippen molar-refractivity contribution in [2.24, 2.45) is 0 Å². The molecule has 0 heterocycles. The van der Waals surface area contributed by atoms with Crippen molar-refractivity contribution in [1.82, 2.24) is 5.32 Å². The predicted molar refractivity (Wildman–Crippen MR) is 56.2 cm³/mol. The van der Waals surface area contributed by atoms with Gasteiger partial charge in [-0.05, 0) is 25.1 Å². The fourth-order valence-corrected chi connectivity index (χ4v) is 1.78. The van der Waals surface area contributed by atoms with Crippen LogP contribution in [0.4, 0.5) is 5.69 Å². The Balaban J connectivity index is 3.12. The summed E-state index contributed by atoms with van der Waals surface area (Å²) in [5, 5.41) is 5.06. The van der Waals surface area contributed by atoms with Gasteiger partial charge >= 0.3 is 0 Å². The molecule has 0 saturated carbocycles. The smallest absolute Gasteiger partial charge is 0.199 e. The van der Waals surface area contributed by atoms with Gasteiger partial charge in [0.25, 0.3) is 0 Å². The van der Waals surface area contributed by atoms with Crippen molar-refractivity contribution in [2.75, 3.05) is 6.54 Å². The van der Waals surface area contributed by atoms with E-state index in [-0.39, 0.29) is 4.90 Å². The van der Waals surface area contributed by atoms with Crippen molar-refractivity contribution >= 4 is 15.5 Å². The van der Waals surface area contributed by atoms with Crippen molar-refractivity contribution in [3.63, 3.8) is 0 Å². The van der Waals surface area contributed by atoms with E-state index in [0.29, 0.717) is 12.2 Å². The molecule has 0 aliphatic carbocycles. The van der Waals surface area contributed by atoms with E-state index in [2.05, 4.69) is 11.9 Å². The first-order valence-electron chi connectivity index (χ1n) is 4.25. The van der Waals surface area contributed by atoms with E-state index in [4.69, 9.17) is 0 Å². The standard InChI is InChI=1S/C10H12NO2S/c1-3-11-9-6-5-7-10(8-9)14(12,13)4-2/h4-8H,2-3H2,1H3. The molecule has 0 atom stereocenters. The van der Waals surface area contributed by atoms with E-state index in [1.54, 1.807) is 18.2 Å². The second-order valence-electron chi connectivity index (χ2n) is 2.68. The molecule has 0 aliphatic rings. The predicted octanol–water partition coefficient (Wildman–Crippen LogP) is 1.86. The third-order valence-corrected chi connectivity index (χ3v) is 3.06. The maximum absolute atomic E-state index is 11.4. The Morgan fingerprint density at radius 2 is 2.21 bits per heavy atom. The van der Waals surface area contributed by atoms with Gasteiger partial charge in [0.1, 0.15) is 0 Å². The van der Waals surface area contributed by atoms with Crippen LogP contribution in [0.25, 0.3) is 0 Å². The van der Waals surface area contributed by atoms with Gasteiger partial charge in [0, 0.05) is 12.0 Å². The molecule has 0 fully saturated rings. The van der Waals surface area contributed by atoms with Gasteiger partial charge in [-0.25, -0.2) is 8.42 Å². The summed E-state index contributed by atoms with van der Waals surface area (Å²) < 4.78 is 22.8. The molecule has 14 heavy (non-hydrogen) atoms. The average Bonchev–Trinajstić information content (AvgIpc) is 2.19. The van der Waals surface area contributed by atoms with E-state index in [0.717, 1.165) is 5.41 Å². The van der Waals surface area contributed by atoms with Gasteiger partial charge in [-0.3, -0.25) is 5.32 Å². The first-order valence-corrected chi connectivity index (χ1v) is 5.80. The SMILES string of the molecule is C=CS(=O)(=O)c1cccc([N]CC)c1. The first kappa shape index (κ1) is 10.8. The molecule has 1 radical (unpaired) electrons. The van der Waals surface area contributed by atoms with E-state index >= 15 is 0 Å². The van der Waals surface area contributed by atoms with Gasteiger partial charge in [0.2, 0.25) is 0 Å². The highest BCUT2D eigenvalue weighted by Gasteiger charge is 2.09. The summed E-state index contributed by atoms with van der Waals surface area (Å²) in [5.74, 6) is 0. The molecule has 0 bridgehead atoms. The molecule has 4 heteroatoms. The third-order valence-electron chi connectivity index (χ3n) is 1.71. The number of hydrogen-bond acceptors (Lipinski definition) is 2. The summed E-state index contributed by atoms with van der Waals surface area (Å²) in [5.41, 5.74) is 0.676. The summed E-state index contributed by atoms with van der Waals surface area (Å²) >= 11 is 0. The number of benzene rings is 1. The minimum Gasteiger partial charge on any atom is -0.286 e. The summed E-state index contributed by atoms with van der Waals surface area (Å²) in [7, 11) is -3.34. The zero-order valence-corrected chi connectivity index (χ0v) is 8.79. The first-order chi connectivity index (χ1) is 6.60. The Labute approximate surface area is 84.4 Å². The van der Waals surface area contributed by atoms with Crippen molar-refractivity contribution in [2.45, 2.75) is 11.8 Å². The molecule has 0 N–H and O–H groups in total. The maximum atomic E-state index is 11.4. The number of sulfone groups is 1. The lowest BCUT2D eigenvalue weighted by Gasteiger charge is -2.02. The second kappa shape index (κ2) is 4.28. The third kappa shape index (κ3) is 2.35. The number of nitrogens with zero attached hydrogens (tertiary/aromatic N) is 1. The fraction of sp³-hybridized carbons (Fsp3) is 0.200. The van der Waals surface area contributed by atoms with Crippen molar-refractivity contribution in [3.05, 3.63) is 36.3 Å². The molecule has 0 spiro atoms. The molecule has 0 amide bonds. The lowest BCUT2D eigenvalue weighted by Crippen LogP contribution is -1.99. The zero-order valence-electron chi connectivity index (χ0n) is 7.97. The van der Waals surface area contributed by atoms with Crippen LogP contribution in [-0.2, 0) is 9.84 Å². The summed E-state index contributed by atoms with van der Waals surface area (Å²) in [4.78, 5) is 0.238. The van der Waals surface area contributed by atoms with Gasteiger partial charge < -0.3 is 0 Å². The minimum absolute atomic E-state index is 0.238. The lowest BCUT2D eigenvalue weighted by molar-refractivity contribution is 0.604. The normalized spacial score (nSPS) is 10.9. The van der Waals surface area contributed by atoms with E-state index < -0.39 is 9.84 Å². The molecule has 0 saturated heterocycles. The summed E-state index contributed by atoms with van der Waals surface area (Å²) in [6.07, 6.45) is 0. The van der Waals surface area contributed by atoms with Gasteiger partial charge in [-0.2, -0.15) is 0 Å². The molecule has 3 nitrogen and oxygen atoms in total. The molecular formula is C10H12NO2S. The molecule has 1 aromatic rings. The number of rotatable bonds is 4. The quantitative estimate of drug-likeness (QED) is 0.761. The number of hydrogen-bond donors (Lipinski definition) is 0. The van der Waals surface area contributed by atoms with Crippen LogP contribution in [0, 0.1) is 0 Å². The van der Waals surface area contributed by atoms with Crippen molar-refractivity contribution in [3.8, 4) is 0 Å². The van der Waals surface area contributed by atoms with Gasteiger partial charge in [-0.15, -0.1) is 0 Å². The minimum atomic E-state index is -3.34. The molecule has 1 aromatic carbocycles. The van der Waals surface area contributed by atoms with Crippen LogP contribution in [0.3, 0.4) is 0 Å². The van der Waals surface area contributed by atoms with Crippen molar-refractivity contribution in [1.29, 1.82) is 0 Å². The largest absolute Gasteiger partial charge is 0.286 e. The Morgan fingerprint density at radius 1 is 1.50 bits per heavy atom. The van der Waals surface area contributed by atoms with E-state index in [9.17, 15) is 8.42 Å². The highest BCUT2D eigenvalue weighted by molar-refractivity contribution is 7.94. The molecular weight excluding hydrogens is 198 g/mol. The lowest BCUT2D eigenvalue weighted by atomic mass is 10.3. The Bertz CT molecular complexity index is 424. The summed E-state index contributed by atoms with van der Waals surface area (Å²) in [6, 6.07) is 6.52. The van der Waals surface area contributed by atoms with Gasteiger partial charge in [0.15, 0.2) is 9.84 Å². The van der Waals surface area contributed by atoms with Crippen molar-refractivity contribution < 1.29 is 8.42 Å².